The molecule has 0 aliphatic carbocycles. The smallest absolute Gasteiger partial charge is 0.269 e. The molecule has 2 aromatic carbocycles. The third-order valence-corrected chi connectivity index (χ3v) is 5.22. The van der Waals surface area contributed by atoms with Crippen molar-refractivity contribution in [3.8, 4) is 11.1 Å². The van der Waals surface area contributed by atoms with Crippen LogP contribution in [-0.4, -0.2) is 15.5 Å². The fraction of sp³-hybridized carbons (Fsp3) is 0. The van der Waals surface area contributed by atoms with Gasteiger partial charge in [0.1, 0.15) is 0 Å². The molecule has 0 atom stereocenters. The van der Waals surface area contributed by atoms with Gasteiger partial charge < -0.3 is 0 Å². The summed E-state index contributed by atoms with van der Waals surface area (Å²) in [5.41, 5.74) is 3.51. The number of aromatic nitrogens is 2. The number of rotatable bonds is 3. The average Bonchev–Trinajstić information content (AvgIpc) is 3.02. The van der Waals surface area contributed by atoms with E-state index in [0.29, 0.717) is 15.2 Å². The molecule has 4 aromatic rings. The fourth-order valence-corrected chi connectivity index (χ4v) is 3.96. The molecule has 0 spiro atoms. The third-order valence-electron chi connectivity index (χ3n) is 4.08. The van der Waals surface area contributed by atoms with Crippen LogP contribution in [0.15, 0.2) is 77.9 Å². The highest BCUT2D eigenvalue weighted by Crippen LogP contribution is 2.22. The van der Waals surface area contributed by atoms with Crippen LogP contribution in [0.2, 0.25) is 5.02 Å². The number of halogens is 1. The predicted molar refractivity (Wildman–Crippen MR) is 110 cm³/mol. The molecule has 2 aromatic heterocycles. The van der Waals surface area contributed by atoms with E-state index in [1.165, 1.54) is 10.6 Å². The van der Waals surface area contributed by atoms with E-state index in [2.05, 4.69) is 4.98 Å². The molecule has 0 radical (unpaired) electrons. The number of carbonyl (C=O) groups excluding carboxylic acids is 1. The number of fused-ring (bicyclic) bond motifs is 1. The molecule has 0 N–H and O–H groups in total. The van der Waals surface area contributed by atoms with Gasteiger partial charge in [-0.25, -0.2) is 4.57 Å². The van der Waals surface area contributed by atoms with E-state index >= 15 is 0 Å². The largest absolute Gasteiger partial charge is 0.315 e. The van der Waals surface area contributed by atoms with E-state index in [9.17, 15) is 9.59 Å². The summed E-state index contributed by atoms with van der Waals surface area (Å²) in [6.45, 7) is 0. The molecule has 2 heterocycles. The van der Waals surface area contributed by atoms with Crippen LogP contribution in [0, 0.1) is 0 Å². The summed E-state index contributed by atoms with van der Waals surface area (Å²) < 4.78 is 1.86. The summed E-state index contributed by atoms with van der Waals surface area (Å²) in [6.07, 6.45) is 6.59. The summed E-state index contributed by atoms with van der Waals surface area (Å²) in [4.78, 5) is 28.5. The van der Waals surface area contributed by atoms with Crippen molar-refractivity contribution in [3.05, 3.63) is 93.3 Å². The summed E-state index contributed by atoms with van der Waals surface area (Å²) in [5, 5.41) is 0.534. The van der Waals surface area contributed by atoms with E-state index in [-0.39, 0.29) is 10.8 Å². The van der Waals surface area contributed by atoms with Crippen LogP contribution >= 0.6 is 22.9 Å². The lowest BCUT2D eigenvalue weighted by Gasteiger charge is -2.02. The lowest BCUT2D eigenvalue weighted by Crippen LogP contribution is -2.19. The van der Waals surface area contributed by atoms with Gasteiger partial charge in [-0.15, -0.1) is 0 Å². The van der Waals surface area contributed by atoms with E-state index in [4.69, 9.17) is 11.6 Å². The number of pyridine rings is 1. The SMILES string of the molecule is O=C(/C=C/c1cccc(-c2ccncc2)c1)n1c(=O)sc2cc(Cl)ccc21. The zero-order valence-corrected chi connectivity index (χ0v) is 15.6. The molecule has 0 saturated carbocycles. The van der Waals surface area contributed by atoms with Gasteiger partial charge >= 0.3 is 4.87 Å². The molecule has 0 saturated heterocycles. The molecule has 4 nitrogen and oxygen atoms in total. The molecule has 0 bridgehead atoms. The normalized spacial score (nSPS) is 11.3. The molecule has 4 rings (SSSR count). The Hall–Kier alpha value is -3.02. The molecule has 0 unspecified atom stereocenters. The molecule has 27 heavy (non-hydrogen) atoms. The molecule has 6 heteroatoms. The van der Waals surface area contributed by atoms with E-state index in [1.807, 2.05) is 36.4 Å². The van der Waals surface area contributed by atoms with Gasteiger partial charge in [0.2, 0.25) is 0 Å². The van der Waals surface area contributed by atoms with E-state index < -0.39 is 0 Å². The summed E-state index contributed by atoms with van der Waals surface area (Å²) in [7, 11) is 0. The van der Waals surface area contributed by atoms with Crippen molar-refractivity contribution >= 4 is 45.1 Å². The second-order valence-corrected chi connectivity index (χ2v) is 7.28. The van der Waals surface area contributed by atoms with Gasteiger partial charge in [0.25, 0.3) is 5.91 Å². The zero-order valence-electron chi connectivity index (χ0n) is 14.0. The van der Waals surface area contributed by atoms with Gasteiger partial charge in [0.05, 0.1) is 10.2 Å². The Labute approximate surface area is 164 Å². The van der Waals surface area contributed by atoms with Crippen LogP contribution in [-0.2, 0) is 0 Å². The Bertz CT molecular complexity index is 1230. The molecule has 0 amide bonds. The Morgan fingerprint density at radius 1 is 1.04 bits per heavy atom. The number of thiazole rings is 1. The van der Waals surface area contributed by atoms with Crippen LogP contribution in [0.5, 0.6) is 0 Å². The topological polar surface area (TPSA) is 52.0 Å². The number of allylic oxidation sites excluding steroid dienone is 1. The number of carbonyl (C=O) groups is 1. The maximum Gasteiger partial charge on any atom is 0.315 e. The standard InChI is InChI=1S/C21H13ClN2O2S/c22-17-5-6-18-19(13-17)27-21(26)24(18)20(25)7-4-14-2-1-3-16(12-14)15-8-10-23-11-9-15/h1-13H/b7-4+. The minimum Gasteiger partial charge on any atom is -0.269 e. The summed E-state index contributed by atoms with van der Waals surface area (Å²) in [6, 6.07) is 16.7. The first kappa shape index (κ1) is 17.4. The highest BCUT2D eigenvalue weighted by molar-refractivity contribution is 7.16. The molecular formula is C21H13ClN2O2S. The first-order chi connectivity index (χ1) is 13.1. The first-order valence-corrected chi connectivity index (χ1v) is 9.35. The average molecular weight is 393 g/mol. The minimum absolute atomic E-state index is 0.326. The Morgan fingerprint density at radius 2 is 1.85 bits per heavy atom. The van der Waals surface area contributed by atoms with Gasteiger partial charge in [0, 0.05) is 23.5 Å². The number of nitrogens with zero attached hydrogens (tertiary/aromatic N) is 2. The van der Waals surface area contributed by atoms with Gasteiger partial charge in [-0.3, -0.25) is 14.6 Å². The van der Waals surface area contributed by atoms with Crippen molar-refractivity contribution in [2.75, 3.05) is 0 Å². The van der Waals surface area contributed by atoms with Crippen molar-refractivity contribution in [1.29, 1.82) is 0 Å². The predicted octanol–water partition coefficient (Wildman–Crippen LogP) is 5.13. The van der Waals surface area contributed by atoms with E-state index in [0.717, 1.165) is 28.0 Å². The second-order valence-electron chi connectivity index (χ2n) is 5.85. The highest BCUT2D eigenvalue weighted by Gasteiger charge is 2.12. The molecule has 0 fully saturated rings. The quantitative estimate of drug-likeness (QED) is 0.454. The minimum atomic E-state index is -0.386. The Balaban J connectivity index is 1.65. The molecule has 0 aliphatic heterocycles. The number of hydrogen-bond donors (Lipinski definition) is 0. The molecule has 132 valence electrons. The zero-order chi connectivity index (χ0) is 18.8. The van der Waals surface area contributed by atoms with Crippen molar-refractivity contribution in [2.24, 2.45) is 0 Å². The Morgan fingerprint density at radius 3 is 2.67 bits per heavy atom. The van der Waals surface area contributed by atoms with Crippen LogP contribution in [0.1, 0.15) is 10.4 Å². The Kier molecular flexibility index (Phi) is 4.71. The maximum absolute atomic E-state index is 12.6. The molecule has 0 aliphatic rings. The number of hydrogen-bond acceptors (Lipinski definition) is 4. The van der Waals surface area contributed by atoms with Crippen molar-refractivity contribution in [3.63, 3.8) is 0 Å². The monoisotopic (exact) mass is 392 g/mol. The second kappa shape index (κ2) is 7.31. The first-order valence-electron chi connectivity index (χ1n) is 8.16. The van der Waals surface area contributed by atoms with Gasteiger partial charge in [-0.05, 0) is 59.2 Å². The third kappa shape index (κ3) is 3.60. The molecular weight excluding hydrogens is 380 g/mol. The summed E-state index contributed by atoms with van der Waals surface area (Å²) >= 11 is 6.96. The number of benzene rings is 2. The van der Waals surface area contributed by atoms with Crippen molar-refractivity contribution < 1.29 is 4.79 Å². The van der Waals surface area contributed by atoms with E-state index in [1.54, 1.807) is 36.7 Å². The van der Waals surface area contributed by atoms with Gasteiger partial charge in [-0.1, -0.05) is 41.1 Å². The van der Waals surface area contributed by atoms with Crippen LogP contribution in [0.25, 0.3) is 27.4 Å². The summed E-state index contributed by atoms with van der Waals surface area (Å²) in [5.74, 6) is -0.386. The van der Waals surface area contributed by atoms with Crippen LogP contribution in [0.4, 0.5) is 0 Å². The van der Waals surface area contributed by atoms with Gasteiger partial charge in [-0.2, -0.15) is 0 Å². The lowest BCUT2D eigenvalue weighted by atomic mass is 10.0. The maximum atomic E-state index is 12.6. The lowest BCUT2D eigenvalue weighted by molar-refractivity contribution is 0.0972. The van der Waals surface area contributed by atoms with Gasteiger partial charge in [0.15, 0.2) is 0 Å². The fourth-order valence-electron chi connectivity index (χ4n) is 2.81. The van der Waals surface area contributed by atoms with Crippen molar-refractivity contribution in [1.82, 2.24) is 9.55 Å². The van der Waals surface area contributed by atoms with Crippen molar-refractivity contribution in [2.45, 2.75) is 0 Å². The van der Waals surface area contributed by atoms with Crippen LogP contribution < -0.4 is 4.87 Å². The highest BCUT2D eigenvalue weighted by atomic mass is 35.5. The van der Waals surface area contributed by atoms with Crippen LogP contribution in [0.3, 0.4) is 0 Å².